The van der Waals surface area contributed by atoms with Crippen molar-refractivity contribution in [3.05, 3.63) is 30.0 Å². The number of rotatable bonds is 2. The van der Waals surface area contributed by atoms with Gasteiger partial charge in [0.1, 0.15) is 0 Å². The van der Waals surface area contributed by atoms with E-state index < -0.39 is 0 Å². The van der Waals surface area contributed by atoms with Gasteiger partial charge in [-0.25, -0.2) is 0 Å². The van der Waals surface area contributed by atoms with Crippen molar-refractivity contribution in [3.8, 4) is 0 Å². The van der Waals surface area contributed by atoms with Crippen LogP contribution in [0.1, 0.15) is 12.1 Å². The number of hydrogen-bond acceptors (Lipinski definition) is 3. The number of aromatic amines is 1. The van der Waals surface area contributed by atoms with Gasteiger partial charge < -0.3 is 10.2 Å². The highest BCUT2D eigenvalue weighted by Crippen LogP contribution is 2.16. The quantitative estimate of drug-likeness (QED) is 0.879. The van der Waals surface area contributed by atoms with E-state index in [9.17, 15) is 4.79 Å². The highest BCUT2D eigenvalue weighted by molar-refractivity contribution is 5.87. The predicted molar refractivity (Wildman–Crippen MR) is 81.1 cm³/mol. The summed E-state index contributed by atoms with van der Waals surface area (Å²) in [7, 11) is 0. The van der Waals surface area contributed by atoms with Gasteiger partial charge in [-0.05, 0) is 19.0 Å². The number of amides is 1. The Labute approximate surface area is 124 Å². The van der Waals surface area contributed by atoms with E-state index in [-0.39, 0.29) is 18.3 Å². The molecule has 2 heterocycles. The fourth-order valence-corrected chi connectivity index (χ4v) is 2.51. The standard InChI is InChI=1S/C14H18N4O.ClH/c19-14(18-8-3-6-15-7-9-18)10-13-11-4-1-2-5-12(11)16-17-13;/h1-2,4-5,15H,3,6-10H2,(H,16,17);1H. The third-order valence-electron chi connectivity index (χ3n) is 3.56. The zero-order chi connectivity index (χ0) is 13.1. The summed E-state index contributed by atoms with van der Waals surface area (Å²) in [6.45, 7) is 3.52. The summed E-state index contributed by atoms with van der Waals surface area (Å²) in [6, 6.07) is 7.89. The molecule has 1 aliphatic rings. The number of fused-ring (bicyclic) bond motifs is 1. The number of H-pyrrole nitrogens is 1. The lowest BCUT2D eigenvalue weighted by molar-refractivity contribution is -0.130. The fraction of sp³-hybridized carbons (Fsp3) is 0.429. The summed E-state index contributed by atoms with van der Waals surface area (Å²) < 4.78 is 0. The minimum Gasteiger partial charge on any atom is -0.341 e. The zero-order valence-electron chi connectivity index (χ0n) is 11.3. The lowest BCUT2D eigenvalue weighted by atomic mass is 10.1. The van der Waals surface area contributed by atoms with Crippen LogP contribution in [-0.2, 0) is 11.2 Å². The maximum atomic E-state index is 12.3. The number of carbonyl (C=O) groups is 1. The van der Waals surface area contributed by atoms with E-state index in [4.69, 9.17) is 0 Å². The van der Waals surface area contributed by atoms with Crippen LogP contribution >= 0.6 is 12.4 Å². The number of nitrogens with zero attached hydrogens (tertiary/aromatic N) is 2. The molecule has 2 N–H and O–H groups in total. The Bertz CT molecular complexity index is 575. The van der Waals surface area contributed by atoms with Gasteiger partial charge in [0.2, 0.25) is 5.91 Å². The van der Waals surface area contributed by atoms with Crippen LogP contribution in [0.15, 0.2) is 24.3 Å². The van der Waals surface area contributed by atoms with Crippen LogP contribution in [0.2, 0.25) is 0 Å². The number of benzene rings is 1. The Kier molecular flexibility index (Phi) is 4.98. The van der Waals surface area contributed by atoms with Gasteiger partial charge in [-0.2, -0.15) is 5.10 Å². The first kappa shape index (κ1) is 14.8. The first-order valence-electron chi connectivity index (χ1n) is 6.75. The van der Waals surface area contributed by atoms with Crippen molar-refractivity contribution >= 4 is 29.2 Å². The van der Waals surface area contributed by atoms with Crippen LogP contribution in [-0.4, -0.2) is 47.2 Å². The third kappa shape index (κ3) is 3.11. The average Bonchev–Trinajstić information content (AvgIpc) is 2.66. The van der Waals surface area contributed by atoms with Crippen LogP contribution in [0.25, 0.3) is 10.9 Å². The minimum absolute atomic E-state index is 0. The molecule has 0 saturated carbocycles. The Morgan fingerprint density at radius 1 is 1.25 bits per heavy atom. The van der Waals surface area contributed by atoms with E-state index >= 15 is 0 Å². The topological polar surface area (TPSA) is 61.0 Å². The van der Waals surface area contributed by atoms with Crippen molar-refractivity contribution in [2.75, 3.05) is 26.2 Å². The van der Waals surface area contributed by atoms with Crippen molar-refractivity contribution in [1.82, 2.24) is 20.4 Å². The lowest BCUT2D eigenvalue weighted by Crippen LogP contribution is -2.35. The van der Waals surface area contributed by atoms with E-state index in [1.54, 1.807) is 0 Å². The molecule has 1 aromatic heterocycles. The maximum absolute atomic E-state index is 12.3. The van der Waals surface area contributed by atoms with Crippen LogP contribution in [0, 0.1) is 0 Å². The van der Waals surface area contributed by atoms with Crippen LogP contribution in [0.3, 0.4) is 0 Å². The van der Waals surface area contributed by atoms with E-state index in [2.05, 4.69) is 15.5 Å². The van der Waals surface area contributed by atoms with Crippen molar-refractivity contribution in [3.63, 3.8) is 0 Å². The molecule has 1 fully saturated rings. The number of para-hydroxylation sites is 1. The molecular weight excluding hydrogens is 276 g/mol. The minimum atomic E-state index is 0. The number of aromatic nitrogens is 2. The highest BCUT2D eigenvalue weighted by atomic mass is 35.5. The monoisotopic (exact) mass is 294 g/mol. The second-order valence-corrected chi connectivity index (χ2v) is 4.88. The highest BCUT2D eigenvalue weighted by Gasteiger charge is 2.17. The van der Waals surface area contributed by atoms with Gasteiger partial charge in [0, 0.05) is 25.0 Å². The molecule has 0 aliphatic carbocycles. The Balaban J connectivity index is 0.00000147. The molecule has 0 unspecified atom stereocenters. The number of halogens is 1. The summed E-state index contributed by atoms with van der Waals surface area (Å²) in [5.74, 6) is 0.179. The Hall–Kier alpha value is -1.59. The van der Waals surface area contributed by atoms with Crippen molar-refractivity contribution < 1.29 is 4.79 Å². The summed E-state index contributed by atoms with van der Waals surface area (Å²) >= 11 is 0. The predicted octanol–water partition coefficient (Wildman–Crippen LogP) is 1.35. The molecule has 3 rings (SSSR count). The third-order valence-corrected chi connectivity index (χ3v) is 3.56. The normalized spacial score (nSPS) is 15.7. The number of nitrogens with one attached hydrogen (secondary N) is 2. The summed E-state index contributed by atoms with van der Waals surface area (Å²) in [5, 5.41) is 11.6. The van der Waals surface area contributed by atoms with Crippen molar-refractivity contribution in [1.29, 1.82) is 0 Å². The molecule has 1 amide bonds. The first-order chi connectivity index (χ1) is 9.34. The van der Waals surface area contributed by atoms with Crippen LogP contribution in [0.5, 0.6) is 0 Å². The average molecular weight is 295 g/mol. The molecule has 1 aliphatic heterocycles. The van der Waals surface area contributed by atoms with E-state index in [0.717, 1.165) is 49.2 Å². The maximum Gasteiger partial charge on any atom is 0.228 e. The van der Waals surface area contributed by atoms with Gasteiger partial charge in [-0.1, -0.05) is 18.2 Å². The summed E-state index contributed by atoms with van der Waals surface area (Å²) in [5.41, 5.74) is 1.83. The van der Waals surface area contributed by atoms with Crippen molar-refractivity contribution in [2.24, 2.45) is 0 Å². The van der Waals surface area contributed by atoms with Gasteiger partial charge in [0.25, 0.3) is 0 Å². The van der Waals surface area contributed by atoms with E-state index in [1.165, 1.54) is 0 Å². The van der Waals surface area contributed by atoms with E-state index in [1.807, 2.05) is 29.2 Å². The molecule has 6 heteroatoms. The van der Waals surface area contributed by atoms with E-state index in [0.29, 0.717) is 6.42 Å². The molecule has 0 spiro atoms. The largest absolute Gasteiger partial charge is 0.341 e. The van der Waals surface area contributed by atoms with Gasteiger partial charge in [0.15, 0.2) is 0 Å². The first-order valence-corrected chi connectivity index (χ1v) is 6.75. The molecule has 1 aromatic carbocycles. The summed E-state index contributed by atoms with van der Waals surface area (Å²) in [6.07, 6.45) is 1.43. The molecule has 0 atom stereocenters. The Morgan fingerprint density at radius 3 is 3.00 bits per heavy atom. The zero-order valence-corrected chi connectivity index (χ0v) is 12.1. The second kappa shape index (κ2) is 6.72. The molecule has 0 bridgehead atoms. The van der Waals surface area contributed by atoms with Gasteiger partial charge in [0.05, 0.1) is 17.6 Å². The molecule has 1 saturated heterocycles. The van der Waals surface area contributed by atoms with Gasteiger partial charge in [-0.3, -0.25) is 9.89 Å². The smallest absolute Gasteiger partial charge is 0.228 e. The molecular formula is C14H19ClN4O. The fourth-order valence-electron chi connectivity index (χ4n) is 2.51. The lowest BCUT2D eigenvalue weighted by Gasteiger charge is -2.19. The summed E-state index contributed by atoms with van der Waals surface area (Å²) in [4.78, 5) is 14.3. The molecule has 2 aromatic rings. The molecule has 20 heavy (non-hydrogen) atoms. The molecule has 108 valence electrons. The number of carbonyl (C=O) groups excluding carboxylic acids is 1. The van der Waals surface area contributed by atoms with Crippen LogP contribution in [0.4, 0.5) is 0 Å². The van der Waals surface area contributed by atoms with Crippen molar-refractivity contribution in [2.45, 2.75) is 12.8 Å². The molecule has 0 radical (unpaired) electrons. The number of hydrogen-bond donors (Lipinski definition) is 2. The van der Waals surface area contributed by atoms with Gasteiger partial charge >= 0.3 is 0 Å². The molecule has 5 nitrogen and oxygen atoms in total. The van der Waals surface area contributed by atoms with Gasteiger partial charge in [-0.15, -0.1) is 12.4 Å². The van der Waals surface area contributed by atoms with Crippen LogP contribution < -0.4 is 5.32 Å². The second-order valence-electron chi connectivity index (χ2n) is 4.88. The SMILES string of the molecule is Cl.O=C(Cc1[nH]nc2ccccc12)N1CCCNCC1. The Morgan fingerprint density at radius 2 is 2.10 bits per heavy atom.